The van der Waals surface area contributed by atoms with Gasteiger partial charge in [0, 0.05) is 32.6 Å². The molecule has 1 atom stereocenters. The molecule has 1 heterocycles. The summed E-state index contributed by atoms with van der Waals surface area (Å²) in [5.41, 5.74) is 0. The van der Waals surface area contributed by atoms with Gasteiger partial charge in [0.1, 0.15) is 0 Å². The Morgan fingerprint density at radius 3 is 2.59 bits per heavy atom. The number of rotatable bonds is 4. The van der Waals surface area contributed by atoms with Crippen LogP contribution in [0.2, 0.25) is 0 Å². The van der Waals surface area contributed by atoms with Crippen molar-refractivity contribution in [3.63, 3.8) is 0 Å². The van der Waals surface area contributed by atoms with E-state index in [2.05, 4.69) is 0 Å². The highest BCUT2D eigenvalue weighted by atomic mass is 32.2. The lowest BCUT2D eigenvalue weighted by atomic mass is 10.3. The van der Waals surface area contributed by atoms with E-state index in [1.807, 2.05) is 11.9 Å². The van der Waals surface area contributed by atoms with Gasteiger partial charge in [0.2, 0.25) is 5.91 Å². The first-order valence-electron chi connectivity index (χ1n) is 7.30. The Morgan fingerprint density at radius 1 is 1.23 bits per heavy atom. The van der Waals surface area contributed by atoms with Crippen LogP contribution in [0.5, 0.6) is 0 Å². The second-order valence-electron chi connectivity index (χ2n) is 5.64. The highest BCUT2D eigenvalue weighted by molar-refractivity contribution is 7.91. The van der Waals surface area contributed by atoms with Crippen molar-refractivity contribution in [1.82, 2.24) is 9.80 Å². The zero-order valence-electron chi connectivity index (χ0n) is 12.7. The molecular formula is C15H22N2O4S. The Morgan fingerprint density at radius 2 is 1.91 bits per heavy atom. The third-order valence-corrected chi connectivity index (χ3v) is 5.48. The number of β-amino-alcohol motifs (C(OH)–C–C–N with tert-alkyl or cyclic N) is 1. The van der Waals surface area contributed by atoms with Crippen LogP contribution in [0.25, 0.3) is 0 Å². The summed E-state index contributed by atoms with van der Waals surface area (Å²) in [6, 6.07) is 8.14. The number of likely N-dealkylation sites (N-methyl/N-ethyl adjacent to an activating group) is 1. The van der Waals surface area contributed by atoms with E-state index in [1.165, 1.54) is 12.1 Å². The minimum atomic E-state index is -3.45. The number of sulfone groups is 1. The number of amides is 1. The third-order valence-electron chi connectivity index (χ3n) is 3.74. The van der Waals surface area contributed by atoms with Crippen LogP contribution in [0.15, 0.2) is 35.2 Å². The summed E-state index contributed by atoms with van der Waals surface area (Å²) >= 11 is 0. The first-order valence-corrected chi connectivity index (χ1v) is 8.96. The Bertz CT molecular complexity index is 603. The zero-order chi connectivity index (χ0) is 16.2. The van der Waals surface area contributed by atoms with Crippen molar-refractivity contribution in [3.8, 4) is 0 Å². The molecule has 0 saturated carbocycles. The quantitative estimate of drug-likeness (QED) is 0.842. The van der Waals surface area contributed by atoms with Crippen molar-refractivity contribution in [2.45, 2.75) is 17.4 Å². The van der Waals surface area contributed by atoms with Gasteiger partial charge in [0.15, 0.2) is 9.84 Å². The summed E-state index contributed by atoms with van der Waals surface area (Å²) in [5, 5.41) is 9.83. The number of aliphatic hydroxyl groups excluding tert-OH is 1. The molecule has 0 spiro atoms. The molecule has 1 aromatic carbocycles. The molecule has 1 aromatic rings. The number of hydrogen-bond acceptors (Lipinski definition) is 5. The van der Waals surface area contributed by atoms with Crippen LogP contribution in [0.4, 0.5) is 0 Å². The van der Waals surface area contributed by atoms with E-state index < -0.39 is 15.9 Å². The van der Waals surface area contributed by atoms with Gasteiger partial charge in [-0.05, 0) is 19.2 Å². The molecule has 6 nitrogen and oxygen atoms in total. The largest absolute Gasteiger partial charge is 0.390 e. The first-order chi connectivity index (χ1) is 10.4. The standard InChI is InChI=1S/C15H22N2O4S/c1-16-8-9-17(12-13(18)11-16)15(19)7-10-22(20,21)14-5-3-2-4-6-14/h2-6,13,18H,7-12H2,1H3/t13-/m1/s1. The van der Waals surface area contributed by atoms with Crippen molar-refractivity contribution in [3.05, 3.63) is 30.3 Å². The molecule has 0 unspecified atom stereocenters. The zero-order valence-corrected chi connectivity index (χ0v) is 13.5. The van der Waals surface area contributed by atoms with Crippen LogP contribution < -0.4 is 0 Å². The van der Waals surface area contributed by atoms with E-state index in [9.17, 15) is 18.3 Å². The van der Waals surface area contributed by atoms with E-state index in [4.69, 9.17) is 0 Å². The lowest BCUT2D eigenvalue weighted by molar-refractivity contribution is -0.131. The molecule has 0 aromatic heterocycles. The Balaban J connectivity index is 1.95. The van der Waals surface area contributed by atoms with Gasteiger partial charge in [-0.15, -0.1) is 0 Å². The molecule has 22 heavy (non-hydrogen) atoms. The minimum Gasteiger partial charge on any atom is -0.390 e. The fourth-order valence-corrected chi connectivity index (χ4v) is 3.75. The minimum absolute atomic E-state index is 0.0618. The molecule has 1 aliphatic rings. The first kappa shape index (κ1) is 16.9. The molecule has 0 aliphatic carbocycles. The molecule has 0 radical (unpaired) electrons. The van der Waals surface area contributed by atoms with Gasteiger partial charge in [-0.2, -0.15) is 0 Å². The molecule has 7 heteroatoms. The second kappa shape index (κ2) is 7.21. The van der Waals surface area contributed by atoms with Gasteiger partial charge in [-0.1, -0.05) is 18.2 Å². The van der Waals surface area contributed by atoms with Crippen molar-refractivity contribution < 1.29 is 18.3 Å². The van der Waals surface area contributed by atoms with Crippen molar-refractivity contribution in [2.24, 2.45) is 0 Å². The molecular weight excluding hydrogens is 304 g/mol. The molecule has 1 fully saturated rings. The van der Waals surface area contributed by atoms with E-state index in [1.54, 1.807) is 23.1 Å². The number of carbonyl (C=O) groups is 1. The van der Waals surface area contributed by atoms with Gasteiger partial charge in [-0.25, -0.2) is 8.42 Å². The Hall–Kier alpha value is -1.44. The summed E-state index contributed by atoms with van der Waals surface area (Å²) in [6.45, 7) is 1.96. The van der Waals surface area contributed by atoms with Crippen LogP contribution in [0.3, 0.4) is 0 Å². The SMILES string of the molecule is CN1CCN(C(=O)CCS(=O)(=O)c2ccccc2)C[C@H](O)C1. The normalized spacial score (nSPS) is 20.6. The third kappa shape index (κ3) is 4.53. The van der Waals surface area contributed by atoms with Crippen molar-refractivity contribution in [1.29, 1.82) is 0 Å². The number of hydrogen-bond donors (Lipinski definition) is 1. The Kier molecular flexibility index (Phi) is 5.55. The maximum Gasteiger partial charge on any atom is 0.223 e. The number of carbonyl (C=O) groups excluding carboxylic acids is 1. The van der Waals surface area contributed by atoms with E-state index in [-0.39, 0.29) is 29.5 Å². The lowest BCUT2D eigenvalue weighted by Gasteiger charge is -2.21. The molecule has 1 N–H and O–H groups in total. The molecule has 2 rings (SSSR count). The van der Waals surface area contributed by atoms with Gasteiger partial charge < -0.3 is 14.9 Å². The van der Waals surface area contributed by atoms with Crippen LogP contribution in [-0.4, -0.2) is 74.3 Å². The highest BCUT2D eigenvalue weighted by Crippen LogP contribution is 2.12. The summed E-state index contributed by atoms with van der Waals surface area (Å²) in [5.74, 6) is -0.438. The summed E-state index contributed by atoms with van der Waals surface area (Å²) in [7, 11) is -1.56. The maximum absolute atomic E-state index is 12.2. The van der Waals surface area contributed by atoms with Gasteiger partial charge in [0.05, 0.1) is 16.8 Å². The van der Waals surface area contributed by atoms with Gasteiger partial charge in [-0.3, -0.25) is 4.79 Å². The summed E-state index contributed by atoms with van der Waals surface area (Å²) < 4.78 is 24.4. The molecule has 1 aliphatic heterocycles. The summed E-state index contributed by atoms with van der Waals surface area (Å²) in [6.07, 6.45) is -0.657. The van der Waals surface area contributed by atoms with Crippen LogP contribution in [-0.2, 0) is 14.6 Å². The fraction of sp³-hybridized carbons (Fsp3) is 0.533. The fourth-order valence-electron chi connectivity index (χ4n) is 2.50. The van der Waals surface area contributed by atoms with E-state index in [0.717, 1.165) is 0 Å². The highest BCUT2D eigenvalue weighted by Gasteiger charge is 2.24. The summed E-state index contributed by atoms with van der Waals surface area (Å²) in [4.78, 5) is 16.0. The molecule has 0 bridgehead atoms. The van der Waals surface area contributed by atoms with E-state index >= 15 is 0 Å². The topological polar surface area (TPSA) is 77.9 Å². The van der Waals surface area contributed by atoms with Crippen LogP contribution >= 0.6 is 0 Å². The predicted octanol–water partition coefficient (Wildman–Crippen LogP) is -0.0147. The van der Waals surface area contributed by atoms with Crippen LogP contribution in [0.1, 0.15) is 6.42 Å². The number of aliphatic hydroxyl groups is 1. The van der Waals surface area contributed by atoms with Crippen molar-refractivity contribution >= 4 is 15.7 Å². The smallest absolute Gasteiger partial charge is 0.223 e. The Labute approximate surface area is 131 Å². The predicted molar refractivity (Wildman–Crippen MR) is 83.2 cm³/mol. The second-order valence-corrected chi connectivity index (χ2v) is 7.75. The van der Waals surface area contributed by atoms with Gasteiger partial charge >= 0.3 is 0 Å². The van der Waals surface area contributed by atoms with Crippen LogP contribution in [0, 0.1) is 0 Å². The molecule has 122 valence electrons. The average Bonchev–Trinajstić information content (AvgIpc) is 2.66. The lowest BCUT2D eigenvalue weighted by Crippen LogP contribution is -2.38. The monoisotopic (exact) mass is 326 g/mol. The molecule has 1 saturated heterocycles. The number of benzene rings is 1. The van der Waals surface area contributed by atoms with Crippen molar-refractivity contribution in [2.75, 3.05) is 39.0 Å². The maximum atomic E-state index is 12.2. The number of nitrogens with zero attached hydrogens (tertiary/aromatic N) is 2. The average molecular weight is 326 g/mol. The van der Waals surface area contributed by atoms with E-state index in [0.29, 0.717) is 19.6 Å². The van der Waals surface area contributed by atoms with Gasteiger partial charge in [0.25, 0.3) is 0 Å². The molecule has 1 amide bonds.